The summed E-state index contributed by atoms with van der Waals surface area (Å²) >= 11 is 0. The molecule has 2 aromatic rings. The molecule has 2 aromatic carbocycles. The summed E-state index contributed by atoms with van der Waals surface area (Å²) < 4.78 is 5.35. The number of nitrogens with zero attached hydrogens (tertiary/aromatic N) is 2. The van der Waals surface area contributed by atoms with E-state index in [1.165, 1.54) is 30.5 Å². The van der Waals surface area contributed by atoms with Gasteiger partial charge in [0.2, 0.25) is 0 Å². The second kappa shape index (κ2) is 11.1. The van der Waals surface area contributed by atoms with Crippen molar-refractivity contribution in [3.05, 3.63) is 65.7 Å². The second-order valence-electron chi connectivity index (χ2n) is 7.43. The molecule has 31 heavy (non-hydrogen) atoms. The van der Waals surface area contributed by atoms with Crippen LogP contribution in [0.1, 0.15) is 49.4 Å². The molecular formula is C24H27N3O4. The van der Waals surface area contributed by atoms with E-state index >= 15 is 0 Å². The molecule has 0 spiro atoms. The Labute approximate surface area is 181 Å². The normalized spacial score (nSPS) is 14.7. The lowest BCUT2D eigenvalue weighted by Crippen LogP contribution is -2.36. The maximum absolute atomic E-state index is 12.6. The third-order valence-corrected chi connectivity index (χ3v) is 5.03. The summed E-state index contributed by atoms with van der Waals surface area (Å²) in [4.78, 5) is 24.9. The van der Waals surface area contributed by atoms with Gasteiger partial charge in [-0.3, -0.25) is 4.79 Å². The van der Waals surface area contributed by atoms with E-state index in [2.05, 4.69) is 21.6 Å². The Morgan fingerprint density at radius 3 is 2.61 bits per heavy atom. The molecule has 162 valence electrons. The van der Waals surface area contributed by atoms with Crippen LogP contribution in [0.2, 0.25) is 0 Å². The van der Waals surface area contributed by atoms with Gasteiger partial charge in [-0.1, -0.05) is 23.8 Å². The summed E-state index contributed by atoms with van der Waals surface area (Å²) in [6, 6.07) is 12.9. The quantitative estimate of drug-likeness (QED) is 0.340. The molecule has 0 saturated carbocycles. The van der Waals surface area contributed by atoms with Crippen LogP contribution in [-0.4, -0.2) is 29.6 Å². The lowest BCUT2D eigenvalue weighted by atomic mass is 9.97. The van der Waals surface area contributed by atoms with Gasteiger partial charge in [0.25, 0.3) is 5.91 Å². The van der Waals surface area contributed by atoms with Gasteiger partial charge in [0.05, 0.1) is 11.3 Å². The highest BCUT2D eigenvalue weighted by Crippen LogP contribution is 2.24. The van der Waals surface area contributed by atoms with Gasteiger partial charge in [-0.05, 0) is 75.4 Å². The van der Waals surface area contributed by atoms with Gasteiger partial charge >= 0.3 is 5.97 Å². The molecule has 1 atom stereocenters. The molecule has 0 unspecified atom stereocenters. The summed E-state index contributed by atoms with van der Waals surface area (Å²) in [7, 11) is 0. The van der Waals surface area contributed by atoms with Crippen molar-refractivity contribution in [2.45, 2.75) is 45.1 Å². The van der Waals surface area contributed by atoms with Crippen molar-refractivity contribution >= 4 is 23.3 Å². The average Bonchev–Trinajstić information content (AvgIpc) is 2.79. The minimum Gasteiger partial charge on any atom is -0.508 e. The van der Waals surface area contributed by atoms with E-state index in [0.29, 0.717) is 17.9 Å². The predicted molar refractivity (Wildman–Crippen MR) is 118 cm³/mol. The minimum absolute atomic E-state index is 0.130. The smallest absolute Gasteiger partial charge is 0.341 e. The van der Waals surface area contributed by atoms with Gasteiger partial charge in [-0.25, -0.2) is 4.79 Å². The first-order valence-electron chi connectivity index (χ1n) is 10.5. The number of aromatic hydroxyl groups is 1. The van der Waals surface area contributed by atoms with Crippen molar-refractivity contribution in [3.63, 3.8) is 0 Å². The van der Waals surface area contributed by atoms with Crippen molar-refractivity contribution < 1.29 is 19.4 Å². The zero-order valence-corrected chi connectivity index (χ0v) is 17.6. The van der Waals surface area contributed by atoms with E-state index < -0.39 is 12.1 Å². The topological polar surface area (TPSA) is 100 Å². The van der Waals surface area contributed by atoms with E-state index in [9.17, 15) is 14.7 Å². The Hall–Kier alpha value is -3.48. The number of azo groups is 1. The third-order valence-electron chi connectivity index (χ3n) is 5.03. The summed E-state index contributed by atoms with van der Waals surface area (Å²) in [5.74, 6) is -0.837. The maximum Gasteiger partial charge on any atom is 0.341 e. The van der Waals surface area contributed by atoms with Gasteiger partial charge in [0, 0.05) is 6.54 Å². The molecule has 3 rings (SSSR count). The number of benzene rings is 2. The molecule has 1 aliphatic carbocycles. The number of rotatable bonds is 8. The lowest BCUT2D eigenvalue weighted by molar-refractivity contribution is -0.129. The fraction of sp³-hybridized carbons (Fsp3) is 0.333. The number of phenolic OH excluding ortho intramolecular Hbond substituents is 1. The van der Waals surface area contributed by atoms with Crippen molar-refractivity contribution in [2.24, 2.45) is 10.2 Å². The Morgan fingerprint density at radius 2 is 1.87 bits per heavy atom. The van der Waals surface area contributed by atoms with Gasteiger partial charge in [-0.2, -0.15) is 5.11 Å². The largest absolute Gasteiger partial charge is 0.508 e. The van der Waals surface area contributed by atoms with Crippen LogP contribution < -0.4 is 5.32 Å². The molecule has 2 N–H and O–H groups in total. The number of amides is 1. The molecule has 0 radical (unpaired) electrons. The number of ether oxygens (including phenoxy) is 1. The van der Waals surface area contributed by atoms with E-state index in [0.717, 1.165) is 19.3 Å². The van der Waals surface area contributed by atoms with Crippen LogP contribution in [-0.2, 0) is 9.53 Å². The first kappa shape index (κ1) is 22.2. The van der Waals surface area contributed by atoms with Gasteiger partial charge in [0.1, 0.15) is 11.4 Å². The third kappa shape index (κ3) is 6.77. The fourth-order valence-corrected chi connectivity index (χ4v) is 3.26. The summed E-state index contributed by atoms with van der Waals surface area (Å²) in [6.07, 6.45) is 6.80. The van der Waals surface area contributed by atoms with Crippen molar-refractivity contribution in [1.82, 2.24) is 5.32 Å². The second-order valence-corrected chi connectivity index (χ2v) is 7.43. The first-order valence-corrected chi connectivity index (χ1v) is 10.5. The molecule has 0 heterocycles. The first-order chi connectivity index (χ1) is 15.0. The maximum atomic E-state index is 12.6. The molecule has 7 nitrogen and oxygen atoms in total. The standard InChI is InChI=1S/C24H27N3O4/c1-17(23(29)25-16-15-18-7-3-2-4-8-18)31-24(30)21-9-5-6-10-22(21)27-26-19-11-13-20(28)14-12-19/h5-7,9-14,17,28H,2-4,8,15-16H2,1H3,(H,25,29)/t17-/m1/s1. The Kier molecular flexibility index (Phi) is 7.92. The SMILES string of the molecule is C[C@@H](OC(=O)c1ccccc1N=Nc1ccc(O)cc1)C(=O)NCCC1=CCCCC1. The molecule has 0 saturated heterocycles. The van der Waals surface area contributed by atoms with E-state index in [1.54, 1.807) is 43.3 Å². The average molecular weight is 421 g/mol. The number of esters is 1. The van der Waals surface area contributed by atoms with Crippen LogP contribution in [0, 0.1) is 0 Å². The Bertz CT molecular complexity index is 967. The summed E-state index contributed by atoms with van der Waals surface area (Å²) in [6.45, 7) is 2.08. The summed E-state index contributed by atoms with van der Waals surface area (Å²) in [5.41, 5.74) is 2.46. The van der Waals surface area contributed by atoms with Crippen LogP contribution >= 0.6 is 0 Å². The molecule has 0 aromatic heterocycles. The number of phenols is 1. The van der Waals surface area contributed by atoms with Crippen molar-refractivity contribution in [1.29, 1.82) is 0 Å². The molecule has 1 amide bonds. The highest BCUT2D eigenvalue weighted by Gasteiger charge is 2.20. The number of nitrogens with one attached hydrogen (secondary N) is 1. The highest BCUT2D eigenvalue weighted by atomic mass is 16.5. The van der Waals surface area contributed by atoms with Crippen LogP contribution in [0.5, 0.6) is 5.75 Å². The van der Waals surface area contributed by atoms with Crippen molar-refractivity contribution in [3.8, 4) is 5.75 Å². The van der Waals surface area contributed by atoms with Crippen molar-refractivity contribution in [2.75, 3.05) is 6.54 Å². The number of hydrogen-bond acceptors (Lipinski definition) is 6. The molecule has 0 bridgehead atoms. The fourth-order valence-electron chi connectivity index (χ4n) is 3.26. The van der Waals surface area contributed by atoms with E-state index in [1.807, 2.05) is 0 Å². The monoisotopic (exact) mass is 421 g/mol. The molecule has 0 fully saturated rings. The van der Waals surface area contributed by atoms with Crippen LogP contribution in [0.4, 0.5) is 11.4 Å². The predicted octanol–water partition coefficient (Wildman–Crippen LogP) is 5.36. The zero-order chi connectivity index (χ0) is 22.1. The number of carbonyl (C=O) groups is 2. The lowest BCUT2D eigenvalue weighted by Gasteiger charge is -2.16. The number of carbonyl (C=O) groups excluding carboxylic acids is 2. The van der Waals surface area contributed by atoms with E-state index in [4.69, 9.17) is 4.74 Å². The Morgan fingerprint density at radius 1 is 1.10 bits per heavy atom. The molecule has 7 heteroatoms. The molecular weight excluding hydrogens is 394 g/mol. The minimum atomic E-state index is -0.921. The number of allylic oxidation sites excluding steroid dienone is 1. The van der Waals surface area contributed by atoms with Gasteiger partial charge in [-0.15, -0.1) is 5.11 Å². The Balaban J connectivity index is 1.56. The van der Waals surface area contributed by atoms with E-state index in [-0.39, 0.29) is 17.2 Å². The molecule has 0 aliphatic heterocycles. The van der Waals surface area contributed by atoms with Gasteiger partial charge in [0.15, 0.2) is 6.10 Å². The van der Waals surface area contributed by atoms with Gasteiger partial charge < -0.3 is 15.2 Å². The number of hydrogen-bond donors (Lipinski definition) is 2. The zero-order valence-electron chi connectivity index (χ0n) is 17.6. The van der Waals surface area contributed by atoms with Crippen LogP contribution in [0.15, 0.2) is 70.4 Å². The highest BCUT2D eigenvalue weighted by molar-refractivity contribution is 5.96. The molecule has 1 aliphatic rings. The van der Waals surface area contributed by atoms with Crippen LogP contribution in [0.25, 0.3) is 0 Å². The van der Waals surface area contributed by atoms with Crippen LogP contribution in [0.3, 0.4) is 0 Å². The summed E-state index contributed by atoms with van der Waals surface area (Å²) in [5, 5.41) is 20.4.